The minimum absolute atomic E-state index is 0.525. The van der Waals surface area contributed by atoms with Crippen molar-refractivity contribution >= 4 is 11.6 Å². The third kappa shape index (κ3) is 1.43. The summed E-state index contributed by atoms with van der Waals surface area (Å²) in [7, 11) is 2.03. The lowest BCUT2D eigenvalue weighted by Crippen LogP contribution is -2.38. The van der Waals surface area contributed by atoms with Gasteiger partial charge >= 0.3 is 0 Å². The number of aromatic nitrogens is 2. The molecule has 0 bridgehead atoms. The van der Waals surface area contributed by atoms with Crippen molar-refractivity contribution in [3.05, 3.63) is 12.4 Å². The molecule has 0 amide bonds. The first-order valence-corrected chi connectivity index (χ1v) is 4.58. The summed E-state index contributed by atoms with van der Waals surface area (Å²) in [6, 6.07) is 0.610. The van der Waals surface area contributed by atoms with Gasteiger partial charge in [-0.05, 0) is 19.3 Å². The zero-order chi connectivity index (χ0) is 9.26. The van der Waals surface area contributed by atoms with Crippen LogP contribution in [0.4, 0.5) is 11.6 Å². The summed E-state index contributed by atoms with van der Waals surface area (Å²) in [5.41, 5.74) is 5.72. The van der Waals surface area contributed by atoms with Gasteiger partial charge in [-0.15, -0.1) is 0 Å². The molecule has 13 heavy (non-hydrogen) atoms. The van der Waals surface area contributed by atoms with E-state index in [1.807, 2.05) is 7.05 Å². The highest BCUT2D eigenvalue weighted by molar-refractivity contribution is 5.57. The number of rotatable bonds is 2. The molecule has 4 heteroatoms. The molecule has 2 rings (SSSR count). The van der Waals surface area contributed by atoms with Crippen LogP contribution in [0.15, 0.2) is 12.4 Å². The standard InChI is InChI=1S/C9H14N4/c1-13(7-3-2-4-7)9-8(10)11-5-6-12-9/h5-7H,2-4H2,1H3,(H2,10,11). The highest BCUT2D eigenvalue weighted by Crippen LogP contribution is 2.28. The molecule has 1 saturated carbocycles. The van der Waals surface area contributed by atoms with Gasteiger partial charge < -0.3 is 10.6 Å². The van der Waals surface area contributed by atoms with E-state index in [0.29, 0.717) is 11.9 Å². The van der Waals surface area contributed by atoms with Crippen molar-refractivity contribution in [3.63, 3.8) is 0 Å². The number of anilines is 2. The van der Waals surface area contributed by atoms with Crippen molar-refractivity contribution < 1.29 is 0 Å². The Morgan fingerprint density at radius 2 is 2.08 bits per heavy atom. The molecular weight excluding hydrogens is 164 g/mol. The molecule has 1 aliphatic rings. The molecule has 0 aromatic carbocycles. The zero-order valence-electron chi connectivity index (χ0n) is 7.77. The fourth-order valence-electron chi connectivity index (χ4n) is 1.56. The van der Waals surface area contributed by atoms with Gasteiger partial charge in [0, 0.05) is 25.5 Å². The summed E-state index contributed by atoms with van der Waals surface area (Å²) in [6.45, 7) is 0. The maximum atomic E-state index is 5.72. The van der Waals surface area contributed by atoms with Crippen molar-refractivity contribution in [1.29, 1.82) is 0 Å². The van der Waals surface area contributed by atoms with Crippen molar-refractivity contribution in [2.45, 2.75) is 25.3 Å². The van der Waals surface area contributed by atoms with Crippen LogP contribution in [0, 0.1) is 0 Å². The normalized spacial score (nSPS) is 16.7. The van der Waals surface area contributed by atoms with E-state index in [-0.39, 0.29) is 0 Å². The molecule has 0 unspecified atom stereocenters. The molecular formula is C9H14N4. The van der Waals surface area contributed by atoms with Crippen molar-refractivity contribution in [2.24, 2.45) is 0 Å². The number of hydrogen-bond acceptors (Lipinski definition) is 4. The maximum Gasteiger partial charge on any atom is 0.171 e. The van der Waals surface area contributed by atoms with Crippen LogP contribution in [0.2, 0.25) is 0 Å². The van der Waals surface area contributed by atoms with E-state index in [0.717, 1.165) is 5.82 Å². The van der Waals surface area contributed by atoms with Crippen LogP contribution in [-0.2, 0) is 0 Å². The molecule has 2 N–H and O–H groups in total. The smallest absolute Gasteiger partial charge is 0.171 e. The summed E-state index contributed by atoms with van der Waals surface area (Å²) < 4.78 is 0. The maximum absolute atomic E-state index is 5.72. The Kier molecular flexibility index (Phi) is 2.04. The molecule has 1 aromatic heterocycles. The quantitative estimate of drug-likeness (QED) is 0.735. The Balaban J connectivity index is 2.18. The Hall–Kier alpha value is -1.32. The molecule has 1 aromatic rings. The first-order valence-electron chi connectivity index (χ1n) is 4.58. The summed E-state index contributed by atoms with van der Waals surface area (Å²) in [5, 5.41) is 0. The highest BCUT2D eigenvalue weighted by atomic mass is 15.2. The summed E-state index contributed by atoms with van der Waals surface area (Å²) in [6.07, 6.45) is 7.10. The minimum atomic E-state index is 0.525. The van der Waals surface area contributed by atoms with E-state index in [4.69, 9.17) is 5.73 Å². The largest absolute Gasteiger partial charge is 0.381 e. The van der Waals surface area contributed by atoms with Gasteiger partial charge in [0.15, 0.2) is 11.6 Å². The number of hydrogen-bond donors (Lipinski definition) is 1. The topological polar surface area (TPSA) is 55.0 Å². The van der Waals surface area contributed by atoms with Gasteiger partial charge in [0.05, 0.1) is 0 Å². The minimum Gasteiger partial charge on any atom is -0.381 e. The molecule has 4 nitrogen and oxygen atoms in total. The van der Waals surface area contributed by atoms with Crippen LogP contribution in [0.3, 0.4) is 0 Å². The lowest BCUT2D eigenvalue weighted by molar-refractivity contribution is 0.399. The van der Waals surface area contributed by atoms with E-state index in [1.54, 1.807) is 12.4 Å². The average molecular weight is 178 g/mol. The monoisotopic (exact) mass is 178 g/mol. The van der Waals surface area contributed by atoms with Crippen molar-refractivity contribution in [2.75, 3.05) is 17.7 Å². The van der Waals surface area contributed by atoms with Crippen molar-refractivity contribution in [1.82, 2.24) is 9.97 Å². The van der Waals surface area contributed by atoms with E-state index < -0.39 is 0 Å². The number of nitrogens with zero attached hydrogens (tertiary/aromatic N) is 3. The molecule has 1 heterocycles. The number of nitrogens with two attached hydrogens (primary N) is 1. The van der Waals surface area contributed by atoms with Crippen LogP contribution in [0.1, 0.15) is 19.3 Å². The Morgan fingerprint density at radius 3 is 2.62 bits per heavy atom. The van der Waals surface area contributed by atoms with Crippen LogP contribution < -0.4 is 10.6 Å². The van der Waals surface area contributed by atoms with E-state index >= 15 is 0 Å². The van der Waals surface area contributed by atoms with Gasteiger partial charge in [-0.3, -0.25) is 0 Å². The molecule has 70 valence electrons. The Labute approximate surface area is 77.8 Å². The van der Waals surface area contributed by atoms with Gasteiger partial charge in [-0.1, -0.05) is 0 Å². The molecule has 0 atom stereocenters. The van der Waals surface area contributed by atoms with Gasteiger partial charge in [0.2, 0.25) is 0 Å². The second-order valence-electron chi connectivity index (χ2n) is 3.46. The van der Waals surface area contributed by atoms with Gasteiger partial charge in [0.1, 0.15) is 0 Å². The summed E-state index contributed by atoms with van der Waals surface area (Å²) in [4.78, 5) is 10.4. The predicted molar refractivity (Wildman–Crippen MR) is 52.5 cm³/mol. The second-order valence-corrected chi connectivity index (χ2v) is 3.46. The Morgan fingerprint density at radius 1 is 1.38 bits per heavy atom. The molecule has 0 aliphatic heterocycles. The Bertz CT molecular complexity index is 295. The van der Waals surface area contributed by atoms with Gasteiger partial charge in [-0.2, -0.15) is 0 Å². The lowest BCUT2D eigenvalue weighted by Gasteiger charge is -2.35. The first-order chi connectivity index (χ1) is 6.29. The molecule has 0 spiro atoms. The number of nitrogen functional groups attached to an aromatic ring is 1. The van der Waals surface area contributed by atoms with Gasteiger partial charge in [0.25, 0.3) is 0 Å². The van der Waals surface area contributed by atoms with E-state index in [2.05, 4.69) is 14.9 Å². The fraction of sp³-hybridized carbons (Fsp3) is 0.556. The van der Waals surface area contributed by atoms with E-state index in [9.17, 15) is 0 Å². The summed E-state index contributed by atoms with van der Waals surface area (Å²) >= 11 is 0. The SMILES string of the molecule is CN(c1nccnc1N)C1CCC1. The van der Waals surface area contributed by atoms with Crippen LogP contribution in [-0.4, -0.2) is 23.1 Å². The lowest BCUT2D eigenvalue weighted by atomic mass is 9.92. The first kappa shape index (κ1) is 8.29. The molecule has 0 radical (unpaired) electrons. The van der Waals surface area contributed by atoms with E-state index in [1.165, 1.54) is 19.3 Å². The third-order valence-electron chi connectivity index (χ3n) is 2.66. The molecule has 0 saturated heterocycles. The predicted octanol–water partition coefficient (Wildman–Crippen LogP) is 1.05. The van der Waals surface area contributed by atoms with Crippen LogP contribution in [0.25, 0.3) is 0 Å². The third-order valence-corrected chi connectivity index (χ3v) is 2.66. The van der Waals surface area contributed by atoms with Crippen LogP contribution in [0.5, 0.6) is 0 Å². The molecule has 1 aliphatic carbocycles. The van der Waals surface area contributed by atoms with Crippen molar-refractivity contribution in [3.8, 4) is 0 Å². The highest BCUT2D eigenvalue weighted by Gasteiger charge is 2.24. The molecule has 1 fully saturated rings. The van der Waals surface area contributed by atoms with Gasteiger partial charge in [-0.25, -0.2) is 9.97 Å². The van der Waals surface area contributed by atoms with Crippen LogP contribution >= 0.6 is 0 Å². The fourth-order valence-corrected chi connectivity index (χ4v) is 1.56. The zero-order valence-corrected chi connectivity index (χ0v) is 7.77. The summed E-state index contributed by atoms with van der Waals surface area (Å²) in [5.74, 6) is 1.34. The average Bonchev–Trinajstić information content (AvgIpc) is 2.01. The second kappa shape index (κ2) is 3.20.